The second-order valence-electron chi connectivity index (χ2n) is 6.85. The van der Waals surface area contributed by atoms with E-state index in [-0.39, 0.29) is 29.7 Å². The lowest BCUT2D eigenvalue weighted by Gasteiger charge is -2.18. The van der Waals surface area contributed by atoms with Gasteiger partial charge in [-0.15, -0.1) is 0 Å². The third-order valence-electron chi connectivity index (χ3n) is 4.61. The molecule has 0 aliphatic heterocycles. The molecule has 0 saturated heterocycles. The summed E-state index contributed by atoms with van der Waals surface area (Å²) in [7, 11) is 1.44. The first-order chi connectivity index (χ1) is 15.5. The van der Waals surface area contributed by atoms with E-state index in [4.69, 9.17) is 4.74 Å². The van der Waals surface area contributed by atoms with Crippen molar-refractivity contribution >= 4 is 34.0 Å². The van der Waals surface area contributed by atoms with Crippen LogP contribution in [0.1, 0.15) is 33.9 Å². The number of nitrogens with zero attached hydrogens (tertiary/aromatic N) is 1. The number of methoxy groups -OCH3 is 1. The highest BCUT2D eigenvalue weighted by Gasteiger charge is 2.19. The van der Waals surface area contributed by atoms with Crippen LogP contribution in [0.5, 0.6) is 11.5 Å². The third-order valence-corrected chi connectivity index (χ3v) is 5.21. The highest BCUT2D eigenvalue weighted by atomic mass is 79.9. The molecule has 0 spiro atoms. The molecule has 0 heterocycles. The highest BCUT2D eigenvalue weighted by Crippen LogP contribution is 2.34. The van der Waals surface area contributed by atoms with Crippen LogP contribution in [0.4, 0.5) is 0 Å². The van der Waals surface area contributed by atoms with Crippen LogP contribution in [0.15, 0.2) is 82.4 Å². The average Bonchev–Trinajstić information content (AvgIpc) is 2.81. The van der Waals surface area contributed by atoms with Gasteiger partial charge in [0, 0.05) is 5.56 Å². The molecule has 7 nitrogen and oxygen atoms in total. The van der Waals surface area contributed by atoms with E-state index < -0.39 is 6.04 Å². The fourth-order valence-electron chi connectivity index (χ4n) is 3.00. The van der Waals surface area contributed by atoms with Crippen LogP contribution in [-0.2, 0) is 4.79 Å². The molecule has 0 bridgehead atoms. The molecule has 0 saturated carbocycles. The Balaban J connectivity index is 1.68. The number of ether oxygens (including phenoxy) is 1. The Morgan fingerprint density at radius 2 is 1.75 bits per heavy atom. The summed E-state index contributed by atoms with van der Waals surface area (Å²) in [6.07, 6.45) is 1.44. The zero-order valence-electron chi connectivity index (χ0n) is 17.3. The van der Waals surface area contributed by atoms with Crippen molar-refractivity contribution in [2.24, 2.45) is 5.10 Å². The largest absolute Gasteiger partial charge is 0.503 e. The maximum atomic E-state index is 12.6. The van der Waals surface area contributed by atoms with Crippen molar-refractivity contribution < 1.29 is 19.4 Å². The Labute approximate surface area is 194 Å². The van der Waals surface area contributed by atoms with E-state index in [2.05, 4.69) is 31.8 Å². The fraction of sp³-hybridized carbons (Fsp3) is 0.125. The first kappa shape index (κ1) is 23.0. The Morgan fingerprint density at radius 1 is 1.09 bits per heavy atom. The van der Waals surface area contributed by atoms with Gasteiger partial charge in [-0.05, 0) is 51.3 Å². The monoisotopic (exact) mass is 495 g/mol. The molecule has 3 rings (SSSR count). The van der Waals surface area contributed by atoms with Gasteiger partial charge in [-0.2, -0.15) is 5.10 Å². The predicted molar refractivity (Wildman–Crippen MR) is 126 cm³/mol. The quantitative estimate of drug-likeness (QED) is 0.322. The summed E-state index contributed by atoms with van der Waals surface area (Å²) in [5.41, 5.74) is 4.41. The summed E-state index contributed by atoms with van der Waals surface area (Å²) in [6.45, 7) is 0. The number of hydrazone groups is 1. The second-order valence-corrected chi connectivity index (χ2v) is 7.71. The maximum absolute atomic E-state index is 12.6. The van der Waals surface area contributed by atoms with Gasteiger partial charge in [0.25, 0.3) is 5.91 Å². The number of hydrogen-bond donors (Lipinski definition) is 3. The number of phenolic OH excluding ortho intramolecular Hbond substituents is 1. The smallest absolute Gasteiger partial charge is 0.251 e. The van der Waals surface area contributed by atoms with E-state index >= 15 is 0 Å². The number of carbonyl (C=O) groups excluding carboxylic acids is 2. The van der Waals surface area contributed by atoms with Gasteiger partial charge in [-0.3, -0.25) is 9.59 Å². The molecule has 0 fully saturated rings. The normalized spacial score (nSPS) is 11.7. The average molecular weight is 496 g/mol. The summed E-state index contributed by atoms with van der Waals surface area (Å²) in [5.74, 6) is -0.376. The van der Waals surface area contributed by atoms with Gasteiger partial charge in [-0.25, -0.2) is 5.43 Å². The first-order valence-electron chi connectivity index (χ1n) is 9.77. The number of carbonyl (C=O) groups is 2. The Hall–Kier alpha value is -3.65. The van der Waals surface area contributed by atoms with Crippen LogP contribution in [0.3, 0.4) is 0 Å². The van der Waals surface area contributed by atoms with Gasteiger partial charge >= 0.3 is 0 Å². The third kappa shape index (κ3) is 6.18. The Kier molecular flexibility index (Phi) is 7.99. The minimum atomic E-state index is -0.526. The maximum Gasteiger partial charge on any atom is 0.251 e. The van der Waals surface area contributed by atoms with Crippen molar-refractivity contribution in [2.45, 2.75) is 12.5 Å². The van der Waals surface area contributed by atoms with Gasteiger partial charge in [0.1, 0.15) is 0 Å². The van der Waals surface area contributed by atoms with Gasteiger partial charge in [-0.1, -0.05) is 48.5 Å². The number of hydrogen-bond acceptors (Lipinski definition) is 5. The molecular weight excluding hydrogens is 474 g/mol. The summed E-state index contributed by atoms with van der Waals surface area (Å²) >= 11 is 3.24. The Morgan fingerprint density at radius 3 is 2.41 bits per heavy atom. The number of benzene rings is 3. The number of nitrogens with one attached hydrogen (secondary N) is 2. The lowest BCUT2D eigenvalue weighted by Crippen LogP contribution is -2.32. The lowest BCUT2D eigenvalue weighted by molar-refractivity contribution is -0.121. The standard InChI is InChI=1S/C24H22BrN3O4/c1-32-21-13-16(12-19(25)23(21)30)15-26-28-22(29)14-20(17-8-4-2-5-9-17)27-24(31)18-10-6-3-7-11-18/h2-13,15,20,30H,14H2,1H3,(H,27,31)(H,28,29)/b26-15-/t20-/m1/s1. The summed E-state index contributed by atoms with van der Waals surface area (Å²) in [5, 5.41) is 16.8. The van der Waals surface area contributed by atoms with Crippen molar-refractivity contribution in [3.63, 3.8) is 0 Å². The van der Waals surface area contributed by atoms with Crippen molar-refractivity contribution in [2.75, 3.05) is 7.11 Å². The lowest BCUT2D eigenvalue weighted by atomic mass is 10.0. The molecule has 2 amide bonds. The summed E-state index contributed by atoms with van der Waals surface area (Å²) < 4.78 is 5.54. The van der Waals surface area contributed by atoms with Gasteiger partial charge in [0.15, 0.2) is 11.5 Å². The van der Waals surface area contributed by atoms with E-state index in [1.165, 1.54) is 13.3 Å². The molecule has 1 atom stereocenters. The van der Waals surface area contributed by atoms with E-state index in [9.17, 15) is 14.7 Å². The van der Waals surface area contributed by atoms with Crippen LogP contribution in [0, 0.1) is 0 Å². The van der Waals surface area contributed by atoms with Crippen LogP contribution in [-0.4, -0.2) is 30.2 Å². The fourth-order valence-corrected chi connectivity index (χ4v) is 3.46. The molecule has 32 heavy (non-hydrogen) atoms. The minimum Gasteiger partial charge on any atom is -0.503 e. The van der Waals surface area contributed by atoms with E-state index in [1.54, 1.807) is 36.4 Å². The molecular formula is C24H22BrN3O4. The minimum absolute atomic E-state index is 0.00250. The van der Waals surface area contributed by atoms with Gasteiger partial charge in [0.05, 0.1) is 30.3 Å². The number of aromatic hydroxyl groups is 1. The van der Waals surface area contributed by atoms with Crippen LogP contribution in [0.2, 0.25) is 0 Å². The second kappa shape index (κ2) is 11.1. The van der Waals surface area contributed by atoms with Gasteiger partial charge < -0.3 is 15.2 Å². The Bertz CT molecular complexity index is 1100. The van der Waals surface area contributed by atoms with E-state index in [1.807, 2.05) is 36.4 Å². The van der Waals surface area contributed by atoms with Crippen LogP contribution >= 0.6 is 15.9 Å². The molecule has 3 aromatic carbocycles. The van der Waals surface area contributed by atoms with E-state index in [0.29, 0.717) is 15.6 Å². The number of halogens is 1. The molecule has 0 aliphatic carbocycles. The number of phenols is 1. The highest BCUT2D eigenvalue weighted by molar-refractivity contribution is 9.10. The van der Waals surface area contributed by atoms with Crippen LogP contribution < -0.4 is 15.5 Å². The van der Waals surface area contributed by atoms with Gasteiger partial charge in [0.2, 0.25) is 5.91 Å². The molecule has 0 aliphatic rings. The van der Waals surface area contributed by atoms with Crippen molar-refractivity contribution in [1.29, 1.82) is 0 Å². The zero-order chi connectivity index (χ0) is 22.9. The number of amides is 2. The van der Waals surface area contributed by atoms with Crippen molar-refractivity contribution in [3.05, 3.63) is 94.0 Å². The molecule has 164 valence electrons. The molecule has 3 aromatic rings. The molecule has 0 unspecified atom stereocenters. The SMILES string of the molecule is COc1cc(/C=N\NC(=O)C[C@@H](NC(=O)c2ccccc2)c2ccccc2)cc(Br)c1O. The summed E-state index contributed by atoms with van der Waals surface area (Å²) in [4.78, 5) is 25.1. The zero-order valence-corrected chi connectivity index (χ0v) is 18.9. The molecule has 8 heteroatoms. The van der Waals surface area contributed by atoms with Crippen LogP contribution in [0.25, 0.3) is 0 Å². The topological polar surface area (TPSA) is 100 Å². The first-order valence-corrected chi connectivity index (χ1v) is 10.6. The van der Waals surface area contributed by atoms with E-state index in [0.717, 1.165) is 5.56 Å². The molecule has 0 aromatic heterocycles. The summed E-state index contributed by atoms with van der Waals surface area (Å²) in [6, 6.07) is 20.8. The van der Waals surface area contributed by atoms with Crippen molar-refractivity contribution in [1.82, 2.24) is 10.7 Å². The molecule has 0 radical (unpaired) electrons. The number of rotatable bonds is 8. The van der Waals surface area contributed by atoms with Crippen molar-refractivity contribution in [3.8, 4) is 11.5 Å². The molecule has 3 N–H and O–H groups in total. The predicted octanol–water partition coefficient (Wildman–Crippen LogP) is 4.17.